The van der Waals surface area contributed by atoms with Crippen LogP contribution in [0.15, 0.2) is 9.47 Å². The Morgan fingerprint density at radius 1 is 1.07 bits per heavy atom. The van der Waals surface area contributed by atoms with Crippen LogP contribution in [0.2, 0.25) is 0 Å². The van der Waals surface area contributed by atoms with E-state index in [9.17, 15) is 0 Å². The predicted octanol–water partition coefficient (Wildman–Crippen LogP) is 4.98. The number of allylic oxidation sites excluding steroid dienone is 1. The fourth-order valence-electron chi connectivity index (χ4n) is 0.870. The summed E-state index contributed by atoms with van der Waals surface area (Å²) in [7, 11) is 0. The first-order valence-electron chi connectivity index (χ1n) is 5.31. The smallest absolute Gasteiger partial charge is 0.0564 e. The molecule has 14 heavy (non-hydrogen) atoms. The molecular formula is C11H22Br2O. The summed E-state index contributed by atoms with van der Waals surface area (Å²) >= 11 is 6.42. The van der Waals surface area contributed by atoms with Crippen molar-refractivity contribution in [2.24, 2.45) is 0 Å². The lowest BCUT2D eigenvalue weighted by molar-refractivity contribution is 0.282. The second-order valence-electron chi connectivity index (χ2n) is 3.04. The second kappa shape index (κ2) is 16.1. The molecule has 1 N–H and O–H groups in total. The van der Waals surface area contributed by atoms with E-state index in [1.165, 1.54) is 25.7 Å². The van der Waals surface area contributed by atoms with Crippen molar-refractivity contribution in [3.63, 3.8) is 0 Å². The summed E-state index contributed by atoms with van der Waals surface area (Å²) in [6.07, 6.45) is 9.19. The van der Waals surface area contributed by atoms with Gasteiger partial charge in [-0.25, -0.2) is 0 Å². The first-order chi connectivity index (χ1) is 6.68. The molecule has 0 atom stereocenters. The van der Waals surface area contributed by atoms with E-state index in [1.54, 1.807) is 0 Å². The van der Waals surface area contributed by atoms with Crippen molar-refractivity contribution in [1.82, 2.24) is 0 Å². The average molecular weight is 330 g/mol. The summed E-state index contributed by atoms with van der Waals surface area (Å²) in [4.78, 5) is 0. The second-order valence-corrected chi connectivity index (χ2v) is 5.81. The molecule has 0 bridgehead atoms. The van der Waals surface area contributed by atoms with Crippen LogP contribution in [0.1, 0.15) is 52.4 Å². The minimum Gasteiger partial charge on any atom is -0.396 e. The van der Waals surface area contributed by atoms with Gasteiger partial charge in [0.05, 0.1) is 3.39 Å². The van der Waals surface area contributed by atoms with Gasteiger partial charge in [0.1, 0.15) is 0 Å². The molecular weight excluding hydrogens is 308 g/mol. The lowest BCUT2D eigenvalue weighted by Crippen LogP contribution is -1.81. The molecule has 1 nitrogen and oxygen atoms in total. The number of unbranched alkanes of at least 4 members (excludes halogenated alkanes) is 4. The molecule has 0 radical (unpaired) electrons. The van der Waals surface area contributed by atoms with Crippen LogP contribution >= 0.6 is 31.9 Å². The number of hydrogen-bond acceptors (Lipinski definition) is 1. The van der Waals surface area contributed by atoms with Crippen LogP contribution in [-0.2, 0) is 0 Å². The number of hydrogen-bond donors (Lipinski definition) is 1. The summed E-state index contributed by atoms with van der Waals surface area (Å²) in [6, 6.07) is 0. The third kappa shape index (κ3) is 23.0. The van der Waals surface area contributed by atoms with Gasteiger partial charge in [-0.05, 0) is 44.7 Å². The van der Waals surface area contributed by atoms with Gasteiger partial charge in [0.15, 0.2) is 0 Å². The normalized spacial score (nSPS) is 8.93. The minimum atomic E-state index is 0.365. The molecule has 0 saturated carbocycles. The van der Waals surface area contributed by atoms with Crippen molar-refractivity contribution in [2.45, 2.75) is 52.4 Å². The van der Waals surface area contributed by atoms with Gasteiger partial charge < -0.3 is 5.11 Å². The van der Waals surface area contributed by atoms with E-state index < -0.39 is 0 Å². The summed E-state index contributed by atoms with van der Waals surface area (Å²) < 4.78 is 1.04. The van der Waals surface area contributed by atoms with Crippen LogP contribution in [0.3, 0.4) is 0 Å². The zero-order chi connectivity index (χ0) is 11.2. The Bertz CT molecular complexity index is 114. The van der Waals surface area contributed by atoms with E-state index >= 15 is 0 Å². The maximum Gasteiger partial charge on any atom is 0.0564 e. The monoisotopic (exact) mass is 328 g/mol. The maximum atomic E-state index is 8.37. The summed E-state index contributed by atoms with van der Waals surface area (Å²) in [5.41, 5.74) is 0. The number of rotatable bonds is 6. The quantitative estimate of drug-likeness (QED) is 0.681. The first kappa shape index (κ1) is 17.1. The van der Waals surface area contributed by atoms with Gasteiger partial charge in [-0.2, -0.15) is 0 Å². The number of halogens is 2. The summed E-state index contributed by atoms with van der Waals surface area (Å²) in [5, 5.41) is 8.37. The summed E-state index contributed by atoms with van der Waals surface area (Å²) in [5.74, 6) is 0. The van der Waals surface area contributed by atoms with Gasteiger partial charge in [0, 0.05) is 6.61 Å². The highest BCUT2D eigenvalue weighted by molar-refractivity contribution is 9.28. The van der Waals surface area contributed by atoms with Crippen LogP contribution in [0.5, 0.6) is 0 Å². The highest BCUT2D eigenvalue weighted by atomic mass is 79.9. The van der Waals surface area contributed by atoms with E-state index in [1.807, 2.05) is 6.08 Å². The molecule has 0 unspecified atom stereocenters. The topological polar surface area (TPSA) is 20.2 Å². The molecule has 86 valence electrons. The maximum absolute atomic E-state index is 8.37. The Balaban J connectivity index is 0. The first-order valence-corrected chi connectivity index (χ1v) is 6.89. The number of aliphatic hydroxyl groups is 1. The largest absolute Gasteiger partial charge is 0.396 e. The Kier molecular flexibility index (Phi) is 19.6. The van der Waals surface area contributed by atoms with Crippen molar-refractivity contribution in [2.75, 3.05) is 6.61 Å². The van der Waals surface area contributed by atoms with Gasteiger partial charge in [0.25, 0.3) is 0 Å². The van der Waals surface area contributed by atoms with Crippen molar-refractivity contribution < 1.29 is 5.11 Å². The van der Waals surface area contributed by atoms with Gasteiger partial charge in [-0.15, -0.1) is 0 Å². The molecule has 0 aromatic rings. The fourth-order valence-corrected chi connectivity index (χ4v) is 1.52. The molecule has 0 aliphatic carbocycles. The highest BCUT2D eigenvalue weighted by Gasteiger charge is 1.84. The third-order valence-corrected chi connectivity index (χ3v) is 2.27. The fraction of sp³-hybridized carbons (Fsp3) is 0.818. The Morgan fingerprint density at radius 2 is 1.64 bits per heavy atom. The van der Waals surface area contributed by atoms with Crippen LogP contribution in [0.4, 0.5) is 0 Å². The zero-order valence-corrected chi connectivity index (χ0v) is 12.4. The standard InChI is InChI=1S/C7H16O.C4H6Br2/c1-2-3-4-5-6-7-8;1-2-3-4(5)6/h8H,2-7H2,1H3;3H,2H2,1H3. The molecule has 0 rings (SSSR count). The lowest BCUT2D eigenvalue weighted by atomic mass is 10.2. The zero-order valence-electron chi connectivity index (χ0n) is 9.23. The van der Waals surface area contributed by atoms with Crippen LogP contribution in [0.25, 0.3) is 0 Å². The van der Waals surface area contributed by atoms with Gasteiger partial charge in [-0.3, -0.25) is 0 Å². The van der Waals surface area contributed by atoms with E-state index in [4.69, 9.17) is 5.11 Å². The van der Waals surface area contributed by atoms with Crippen LogP contribution in [-0.4, -0.2) is 11.7 Å². The minimum absolute atomic E-state index is 0.365. The van der Waals surface area contributed by atoms with Crippen LogP contribution in [0, 0.1) is 0 Å². The Hall–Kier alpha value is 0.660. The molecule has 3 heteroatoms. The SMILES string of the molecule is CCC=C(Br)Br.CCCCCCCO. The van der Waals surface area contributed by atoms with E-state index in [0.29, 0.717) is 6.61 Å². The lowest BCUT2D eigenvalue weighted by Gasteiger charge is -1.93. The molecule has 0 fully saturated rings. The third-order valence-electron chi connectivity index (χ3n) is 1.62. The van der Waals surface area contributed by atoms with Crippen LogP contribution < -0.4 is 0 Å². The van der Waals surface area contributed by atoms with Crippen molar-refractivity contribution in [1.29, 1.82) is 0 Å². The van der Waals surface area contributed by atoms with Gasteiger partial charge in [0.2, 0.25) is 0 Å². The molecule has 0 amide bonds. The molecule has 0 aromatic carbocycles. The number of aliphatic hydroxyl groups excluding tert-OH is 1. The molecule has 0 spiro atoms. The summed E-state index contributed by atoms with van der Waals surface area (Å²) in [6.45, 7) is 4.64. The molecule has 0 aliphatic heterocycles. The molecule has 0 heterocycles. The van der Waals surface area contributed by atoms with E-state index in [-0.39, 0.29) is 0 Å². The van der Waals surface area contributed by atoms with Crippen molar-refractivity contribution in [3.05, 3.63) is 9.47 Å². The average Bonchev–Trinajstić information content (AvgIpc) is 2.13. The van der Waals surface area contributed by atoms with Gasteiger partial charge >= 0.3 is 0 Å². The Labute approximate surface area is 105 Å². The van der Waals surface area contributed by atoms with Crippen molar-refractivity contribution >= 4 is 31.9 Å². The Morgan fingerprint density at radius 3 is 1.93 bits per heavy atom. The van der Waals surface area contributed by atoms with E-state index in [2.05, 4.69) is 45.7 Å². The van der Waals surface area contributed by atoms with Gasteiger partial charge in [-0.1, -0.05) is 45.6 Å². The molecule has 0 aromatic heterocycles. The van der Waals surface area contributed by atoms with Crippen molar-refractivity contribution in [3.8, 4) is 0 Å². The van der Waals surface area contributed by atoms with E-state index in [0.717, 1.165) is 16.2 Å². The molecule has 0 aliphatic rings. The predicted molar refractivity (Wildman–Crippen MR) is 72.1 cm³/mol. The molecule has 0 saturated heterocycles. The highest BCUT2D eigenvalue weighted by Crippen LogP contribution is 2.12.